The van der Waals surface area contributed by atoms with Crippen LogP contribution in [-0.2, 0) is 14.5 Å². The van der Waals surface area contributed by atoms with Crippen LogP contribution in [0.2, 0.25) is 0 Å². The van der Waals surface area contributed by atoms with E-state index in [9.17, 15) is 25.5 Å². The van der Waals surface area contributed by atoms with Crippen molar-refractivity contribution in [1.29, 1.82) is 0 Å². The number of rotatable bonds is 9. The topological polar surface area (TPSA) is 129 Å². The summed E-state index contributed by atoms with van der Waals surface area (Å²) in [6, 6.07) is 0. The maximum atomic E-state index is 10.3. The minimum absolute atomic E-state index is 0.138. The van der Waals surface area contributed by atoms with Gasteiger partial charge in [-0.3, -0.25) is 0 Å². The highest BCUT2D eigenvalue weighted by atomic mass is 17.2. The first-order chi connectivity index (χ1) is 12.8. The maximum absolute atomic E-state index is 10.3. The number of hydrogen-bond donors (Lipinski definition) is 5. The van der Waals surface area contributed by atoms with E-state index in [0.29, 0.717) is 31.8 Å². The fraction of sp³-hybridized carbons (Fsp3) is 1.00. The monoisotopic (exact) mass is 392 g/mol. The molecule has 2 rings (SSSR count). The third-order valence-corrected chi connectivity index (χ3v) is 5.72. The second-order valence-electron chi connectivity index (χ2n) is 8.39. The second kappa shape index (κ2) is 11.0. The molecule has 0 aromatic rings. The van der Waals surface area contributed by atoms with Gasteiger partial charge in [-0.25, -0.2) is 9.78 Å². The van der Waals surface area contributed by atoms with Crippen LogP contribution in [0.15, 0.2) is 0 Å². The molecule has 0 bridgehead atoms. The molecule has 2 aliphatic carbocycles. The van der Waals surface area contributed by atoms with Crippen LogP contribution in [0.4, 0.5) is 0 Å². The Hall–Kier alpha value is -0.320. The van der Waals surface area contributed by atoms with Gasteiger partial charge < -0.3 is 30.3 Å². The molecule has 160 valence electrons. The Morgan fingerprint density at radius 3 is 2.19 bits per heavy atom. The molecule has 0 aromatic carbocycles. The Morgan fingerprint density at radius 1 is 0.852 bits per heavy atom. The first-order valence-electron chi connectivity index (χ1n) is 10.0. The molecule has 0 aliphatic heterocycles. The molecular weight excluding hydrogens is 356 g/mol. The van der Waals surface area contributed by atoms with Gasteiger partial charge >= 0.3 is 0 Å². The smallest absolute Gasteiger partial charge is 0.120 e. The number of ether oxygens (including phenoxy) is 1. The molecule has 0 unspecified atom stereocenters. The van der Waals surface area contributed by atoms with Crippen LogP contribution >= 0.6 is 0 Å². The molecule has 0 radical (unpaired) electrons. The fourth-order valence-corrected chi connectivity index (χ4v) is 3.89. The largest absolute Gasteiger partial charge is 0.396 e. The number of aliphatic hydroxyl groups excluding tert-OH is 5. The van der Waals surface area contributed by atoms with E-state index in [1.807, 2.05) is 0 Å². The second-order valence-corrected chi connectivity index (χ2v) is 8.39. The van der Waals surface area contributed by atoms with E-state index in [2.05, 4.69) is 13.8 Å². The van der Waals surface area contributed by atoms with Crippen LogP contribution in [-0.4, -0.2) is 82.0 Å². The normalized spacial score (nSPS) is 40.4. The lowest BCUT2D eigenvalue weighted by molar-refractivity contribution is -0.355. The predicted molar refractivity (Wildman–Crippen MR) is 96.6 cm³/mol. The average Bonchev–Trinajstić information content (AvgIpc) is 2.62. The van der Waals surface area contributed by atoms with E-state index in [4.69, 9.17) is 14.5 Å². The van der Waals surface area contributed by atoms with Gasteiger partial charge in [0.1, 0.15) is 6.10 Å². The minimum atomic E-state index is -0.961. The Bertz CT molecular complexity index is 421. The van der Waals surface area contributed by atoms with E-state index in [1.54, 1.807) is 0 Å². The van der Waals surface area contributed by atoms with Gasteiger partial charge in [-0.2, -0.15) is 0 Å². The summed E-state index contributed by atoms with van der Waals surface area (Å²) < 4.78 is 6.11. The van der Waals surface area contributed by atoms with Crippen molar-refractivity contribution >= 4 is 0 Å². The maximum Gasteiger partial charge on any atom is 0.120 e. The van der Waals surface area contributed by atoms with Crippen LogP contribution in [0, 0.1) is 17.8 Å². The lowest BCUT2D eigenvalue weighted by atomic mass is 9.81. The standard InChI is InChI=1S/C19H36O8/c1-11(2)3-4-25-27-18-6-12(9-20)15(22)8-17(18)26-14-5-13(10-21)19(24)16(23)7-14/h11-24H,3-10H2,1-2H3/t12-,13-,14-,15+,16-,17-,18-,19-/m1/s1. The highest BCUT2D eigenvalue weighted by Crippen LogP contribution is 2.34. The van der Waals surface area contributed by atoms with E-state index in [-0.39, 0.29) is 31.7 Å². The summed E-state index contributed by atoms with van der Waals surface area (Å²) in [6.07, 6.45) is -1.63. The molecule has 0 aromatic heterocycles. The zero-order valence-corrected chi connectivity index (χ0v) is 16.3. The summed E-state index contributed by atoms with van der Waals surface area (Å²) >= 11 is 0. The zero-order valence-electron chi connectivity index (χ0n) is 16.3. The molecule has 8 nitrogen and oxygen atoms in total. The van der Waals surface area contributed by atoms with Gasteiger partial charge in [0.25, 0.3) is 0 Å². The first-order valence-corrected chi connectivity index (χ1v) is 10.0. The molecule has 8 atom stereocenters. The van der Waals surface area contributed by atoms with Gasteiger partial charge in [-0.1, -0.05) is 13.8 Å². The van der Waals surface area contributed by atoms with E-state index in [0.717, 1.165) is 6.42 Å². The van der Waals surface area contributed by atoms with Crippen molar-refractivity contribution in [3.8, 4) is 0 Å². The average molecular weight is 392 g/mol. The SMILES string of the molecule is CC(C)CCOO[C@@H]1C[C@H](CO)[C@@H](O)C[C@H]1O[C@@H]1C[C@H](CO)[C@@H](O)[C@H](O)C1. The van der Waals surface area contributed by atoms with Gasteiger partial charge in [0.05, 0.1) is 37.1 Å². The molecule has 0 heterocycles. The number of aliphatic hydroxyl groups is 5. The highest BCUT2D eigenvalue weighted by molar-refractivity contribution is 4.91. The molecule has 2 saturated carbocycles. The van der Waals surface area contributed by atoms with Crippen LogP contribution in [0.1, 0.15) is 46.0 Å². The van der Waals surface area contributed by atoms with Crippen molar-refractivity contribution < 1.29 is 40.0 Å². The van der Waals surface area contributed by atoms with Crippen molar-refractivity contribution in [3.05, 3.63) is 0 Å². The molecule has 0 spiro atoms. The van der Waals surface area contributed by atoms with Crippen molar-refractivity contribution in [1.82, 2.24) is 0 Å². The summed E-state index contributed by atoms with van der Waals surface area (Å²) in [5.41, 5.74) is 0. The molecule has 8 heteroatoms. The van der Waals surface area contributed by atoms with E-state index < -0.39 is 36.4 Å². The zero-order chi connectivity index (χ0) is 20.0. The van der Waals surface area contributed by atoms with Crippen molar-refractivity contribution in [2.45, 2.75) is 82.6 Å². The van der Waals surface area contributed by atoms with Gasteiger partial charge in [-0.15, -0.1) is 0 Å². The highest BCUT2D eigenvalue weighted by Gasteiger charge is 2.42. The Labute approximate surface area is 161 Å². The summed E-state index contributed by atoms with van der Waals surface area (Å²) in [6.45, 7) is 4.27. The summed E-state index contributed by atoms with van der Waals surface area (Å²) in [5.74, 6) is -0.254. The first kappa shape index (κ1) is 23.0. The number of hydrogen-bond acceptors (Lipinski definition) is 8. The summed E-state index contributed by atoms with van der Waals surface area (Å²) in [5, 5.41) is 49.1. The van der Waals surface area contributed by atoms with Gasteiger partial charge in [0.2, 0.25) is 0 Å². The molecule has 2 aliphatic rings. The third-order valence-electron chi connectivity index (χ3n) is 5.72. The molecular formula is C19H36O8. The third kappa shape index (κ3) is 6.61. The van der Waals surface area contributed by atoms with Crippen molar-refractivity contribution in [2.24, 2.45) is 17.8 Å². The molecule has 5 N–H and O–H groups in total. The summed E-state index contributed by atoms with van der Waals surface area (Å²) in [7, 11) is 0. The minimum Gasteiger partial charge on any atom is -0.396 e. The predicted octanol–water partition coefficient (Wildman–Crippen LogP) is -0.00960. The van der Waals surface area contributed by atoms with Gasteiger partial charge in [-0.05, 0) is 25.2 Å². The Balaban J connectivity index is 1.95. The fourth-order valence-electron chi connectivity index (χ4n) is 3.89. The van der Waals surface area contributed by atoms with Crippen LogP contribution in [0.25, 0.3) is 0 Å². The molecule has 2 fully saturated rings. The van der Waals surface area contributed by atoms with Crippen LogP contribution < -0.4 is 0 Å². The molecule has 27 heavy (non-hydrogen) atoms. The van der Waals surface area contributed by atoms with Crippen LogP contribution in [0.5, 0.6) is 0 Å². The van der Waals surface area contributed by atoms with Gasteiger partial charge in [0.15, 0.2) is 0 Å². The molecule has 0 saturated heterocycles. The Kier molecular flexibility index (Phi) is 9.37. The molecule has 0 amide bonds. The quantitative estimate of drug-likeness (QED) is 0.211. The van der Waals surface area contributed by atoms with Gasteiger partial charge in [0, 0.05) is 37.9 Å². The van der Waals surface area contributed by atoms with Crippen molar-refractivity contribution in [2.75, 3.05) is 19.8 Å². The lowest BCUT2D eigenvalue weighted by Gasteiger charge is -2.42. The Morgan fingerprint density at radius 2 is 1.56 bits per heavy atom. The van der Waals surface area contributed by atoms with Crippen molar-refractivity contribution in [3.63, 3.8) is 0 Å². The lowest BCUT2D eigenvalue weighted by Crippen LogP contribution is -2.50. The van der Waals surface area contributed by atoms with E-state index in [1.165, 1.54) is 0 Å². The van der Waals surface area contributed by atoms with E-state index >= 15 is 0 Å². The van der Waals surface area contributed by atoms with Crippen LogP contribution in [0.3, 0.4) is 0 Å². The summed E-state index contributed by atoms with van der Waals surface area (Å²) in [4.78, 5) is 10.9.